The number of rotatable bonds is 3. The number of ketones is 1. The molecule has 0 bridgehead atoms. The largest absolute Gasteiger partial charge is 0.524 e. The summed E-state index contributed by atoms with van der Waals surface area (Å²) in [6.45, 7) is 0. The molecule has 0 aliphatic carbocycles. The zero-order valence-corrected chi connectivity index (χ0v) is 8.05. The van der Waals surface area contributed by atoms with Gasteiger partial charge in [0.25, 0.3) is 0 Å². The van der Waals surface area contributed by atoms with Gasteiger partial charge >= 0.3 is 6.36 Å². The Balaban J connectivity index is 2.70. The molecule has 0 aromatic heterocycles. The van der Waals surface area contributed by atoms with Crippen LogP contribution in [0.2, 0.25) is 0 Å². The Morgan fingerprint density at radius 2 is 1.80 bits per heavy atom. The number of hydrogen-bond acceptors (Lipinski definition) is 2. The SMILES string of the molecule is O=C(c1ccccc1)C(Cl)OC(F)(F)F. The maximum atomic E-state index is 11.7. The van der Waals surface area contributed by atoms with E-state index in [1.54, 1.807) is 6.07 Å². The van der Waals surface area contributed by atoms with Crippen molar-refractivity contribution in [3.8, 4) is 0 Å². The molecule has 6 heteroatoms. The van der Waals surface area contributed by atoms with Gasteiger partial charge in [-0.25, -0.2) is 0 Å². The first-order chi connectivity index (χ1) is 6.90. The van der Waals surface area contributed by atoms with Gasteiger partial charge in [-0.2, -0.15) is 0 Å². The monoisotopic (exact) mass is 238 g/mol. The van der Waals surface area contributed by atoms with Crippen molar-refractivity contribution in [3.05, 3.63) is 35.9 Å². The molecular weight excluding hydrogens is 233 g/mol. The summed E-state index contributed by atoms with van der Waals surface area (Å²) in [6.07, 6.45) is -4.92. The van der Waals surface area contributed by atoms with Crippen molar-refractivity contribution in [1.82, 2.24) is 0 Å². The molecule has 15 heavy (non-hydrogen) atoms. The van der Waals surface area contributed by atoms with Gasteiger partial charge in [-0.1, -0.05) is 41.9 Å². The van der Waals surface area contributed by atoms with Crippen molar-refractivity contribution in [3.63, 3.8) is 0 Å². The van der Waals surface area contributed by atoms with Crippen LogP contribution in [0.3, 0.4) is 0 Å². The van der Waals surface area contributed by atoms with E-state index in [0.717, 1.165) is 0 Å². The summed E-state index contributed by atoms with van der Waals surface area (Å²) in [4.78, 5) is 11.3. The molecular formula is C9H6ClF3O2. The molecule has 0 saturated carbocycles. The third-order valence-corrected chi connectivity index (χ3v) is 1.79. The quantitative estimate of drug-likeness (QED) is 0.598. The van der Waals surface area contributed by atoms with E-state index in [0.29, 0.717) is 0 Å². The standard InChI is InChI=1S/C9H6ClF3O2/c10-8(15-9(11,12)13)7(14)6-4-2-1-3-5-6/h1-5,8H. The van der Waals surface area contributed by atoms with E-state index in [4.69, 9.17) is 11.6 Å². The van der Waals surface area contributed by atoms with Crippen LogP contribution in [0.5, 0.6) is 0 Å². The summed E-state index contributed by atoms with van der Waals surface area (Å²) in [7, 11) is 0. The first-order valence-electron chi connectivity index (χ1n) is 3.88. The fourth-order valence-corrected chi connectivity index (χ4v) is 1.13. The molecule has 0 spiro atoms. The van der Waals surface area contributed by atoms with Gasteiger partial charge in [0.1, 0.15) is 0 Å². The van der Waals surface area contributed by atoms with Crippen LogP contribution < -0.4 is 0 Å². The fraction of sp³-hybridized carbons (Fsp3) is 0.222. The molecule has 2 nitrogen and oxygen atoms in total. The summed E-state index contributed by atoms with van der Waals surface area (Å²) in [5.41, 5.74) is -1.98. The van der Waals surface area contributed by atoms with Crippen molar-refractivity contribution in [1.29, 1.82) is 0 Å². The Morgan fingerprint density at radius 1 is 1.27 bits per heavy atom. The highest BCUT2D eigenvalue weighted by Gasteiger charge is 2.35. The Hall–Kier alpha value is -1.07. The van der Waals surface area contributed by atoms with E-state index in [2.05, 4.69) is 4.74 Å². The van der Waals surface area contributed by atoms with Gasteiger partial charge in [0.15, 0.2) is 0 Å². The highest BCUT2D eigenvalue weighted by atomic mass is 35.5. The lowest BCUT2D eigenvalue weighted by Crippen LogP contribution is -2.26. The Labute approximate surface area is 88.6 Å². The minimum absolute atomic E-state index is 0.0711. The van der Waals surface area contributed by atoms with E-state index < -0.39 is 17.7 Å². The third kappa shape index (κ3) is 3.89. The van der Waals surface area contributed by atoms with Gasteiger partial charge in [-0.3, -0.25) is 9.53 Å². The Bertz CT molecular complexity index is 337. The van der Waals surface area contributed by atoms with Gasteiger partial charge < -0.3 is 0 Å². The molecule has 82 valence electrons. The van der Waals surface area contributed by atoms with Crippen molar-refractivity contribution in [2.45, 2.75) is 11.9 Å². The number of Topliss-reactive ketones (excluding diaryl/α,β-unsaturated/α-hetero) is 1. The number of hydrogen-bond donors (Lipinski definition) is 0. The molecule has 0 fully saturated rings. The minimum atomic E-state index is -4.92. The molecule has 1 aromatic carbocycles. The fourth-order valence-electron chi connectivity index (χ4n) is 0.904. The second-order valence-corrected chi connectivity index (χ2v) is 3.01. The normalized spacial score (nSPS) is 13.6. The average molecular weight is 239 g/mol. The van der Waals surface area contributed by atoms with Crippen LogP contribution >= 0.6 is 11.6 Å². The Kier molecular flexibility index (Phi) is 3.71. The molecule has 1 rings (SSSR count). The van der Waals surface area contributed by atoms with E-state index >= 15 is 0 Å². The van der Waals surface area contributed by atoms with Crippen LogP contribution in [0.25, 0.3) is 0 Å². The molecule has 1 unspecified atom stereocenters. The molecule has 0 amide bonds. The van der Waals surface area contributed by atoms with E-state index in [9.17, 15) is 18.0 Å². The second kappa shape index (κ2) is 4.63. The van der Waals surface area contributed by atoms with Gasteiger partial charge in [0.05, 0.1) is 0 Å². The number of carbonyl (C=O) groups excluding carboxylic acids is 1. The van der Waals surface area contributed by atoms with Crippen molar-refractivity contribution < 1.29 is 22.7 Å². The summed E-state index contributed by atoms with van der Waals surface area (Å²) in [5.74, 6) is -0.922. The van der Waals surface area contributed by atoms with Gasteiger partial charge in [0.2, 0.25) is 11.3 Å². The molecule has 0 aliphatic heterocycles. The maximum Gasteiger partial charge on any atom is 0.524 e. The van der Waals surface area contributed by atoms with Crippen LogP contribution in [0.1, 0.15) is 10.4 Å². The highest BCUT2D eigenvalue weighted by Crippen LogP contribution is 2.22. The van der Waals surface area contributed by atoms with Crippen LogP contribution in [0.15, 0.2) is 30.3 Å². The van der Waals surface area contributed by atoms with Gasteiger partial charge in [-0.05, 0) is 0 Å². The second-order valence-electron chi connectivity index (χ2n) is 2.61. The molecule has 1 aromatic rings. The van der Waals surface area contributed by atoms with Crippen molar-refractivity contribution >= 4 is 17.4 Å². The molecule has 0 heterocycles. The van der Waals surface area contributed by atoms with E-state index in [1.807, 2.05) is 0 Å². The number of ether oxygens (including phenoxy) is 1. The first-order valence-corrected chi connectivity index (χ1v) is 4.31. The topological polar surface area (TPSA) is 26.3 Å². The lowest BCUT2D eigenvalue weighted by Gasteiger charge is -2.11. The number of halogens is 4. The average Bonchev–Trinajstić information content (AvgIpc) is 2.15. The van der Waals surface area contributed by atoms with Crippen LogP contribution in [0.4, 0.5) is 13.2 Å². The summed E-state index contributed by atoms with van der Waals surface area (Å²) in [5, 5.41) is 0. The summed E-state index contributed by atoms with van der Waals surface area (Å²) in [6, 6.07) is 7.38. The predicted molar refractivity (Wildman–Crippen MR) is 47.6 cm³/mol. The first kappa shape index (κ1) is 12.0. The highest BCUT2D eigenvalue weighted by molar-refractivity contribution is 6.32. The van der Waals surface area contributed by atoms with E-state index in [1.165, 1.54) is 24.3 Å². The number of carbonyl (C=O) groups is 1. The van der Waals surface area contributed by atoms with E-state index in [-0.39, 0.29) is 5.56 Å². The van der Waals surface area contributed by atoms with Crippen LogP contribution in [-0.2, 0) is 4.74 Å². The molecule has 0 aliphatic rings. The zero-order valence-electron chi connectivity index (χ0n) is 7.29. The lowest BCUT2D eigenvalue weighted by molar-refractivity contribution is -0.325. The van der Waals surface area contributed by atoms with Crippen LogP contribution in [-0.4, -0.2) is 17.7 Å². The molecule has 0 N–H and O–H groups in total. The van der Waals surface area contributed by atoms with Crippen molar-refractivity contribution in [2.75, 3.05) is 0 Å². The van der Waals surface area contributed by atoms with Crippen LogP contribution in [0, 0.1) is 0 Å². The third-order valence-electron chi connectivity index (χ3n) is 1.50. The molecule has 0 saturated heterocycles. The maximum absolute atomic E-state index is 11.7. The number of benzene rings is 1. The predicted octanol–water partition coefficient (Wildman–Crippen LogP) is 2.97. The Morgan fingerprint density at radius 3 is 2.27 bits per heavy atom. The van der Waals surface area contributed by atoms with Crippen molar-refractivity contribution in [2.24, 2.45) is 0 Å². The lowest BCUT2D eigenvalue weighted by atomic mass is 10.1. The zero-order chi connectivity index (χ0) is 11.5. The molecule has 0 radical (unpaired) electrons. The molecule has 1 atom stereocenters. The number of alkyl halides is 4. The minimum Gasteiger partial charge on any atom is -0.290 e. The van der Waals surface area contributed by atoms with Gasteiger partial charge in [0, 0.05) is 5.56 Å². The smallest absolute Gasteiger partial charge is 0.290 e. The summed E-state index contributed by atoms with van der Waals surface area (Å²) >= 11 is 5.16. The van der Waals surface area contributed by atoms with Gasteiger partial charge in [-0.15, -0.1) is 13.2 Å². The summed E-state index contributed by atoms with van der Waals surface area (Å²) < 4.78 is 38.5.